The molecule has 1 aromatic rings. The van der Waals surface area contributed by atoms with Gasteiger partial charge in [0, 0.05) is 37.3 Å². The standard InChI is InChI=1S/C18H21N3/c1-20-10-6-15(7-11-20)17-16-5-3-2-4-14(16)8-12-21-13-9-19-18(17)21/h2-5,8-9,12-13,18-19H,6-7,10-11H2,1H3. The molecule has 1 N–H and O–H groups in total. The van der Waals surface area contributed by atoms with E-state index in [-0.39, 0.29) is 6.17 Å². The van der Waals surface area contributed by atoms with Crippen molar-refractivity contribution in [3.63, 3.8) is 0 Å². The molecule has 108 valence electrons. The number of piperidine rings is 1. The maximum absolute atomic E-state index is 3.52. The van der Waals surface area contributed by atoms with E-state index >= 15 is 0 Å². The van der Waals surface area contributed by atoms with Gasteiger partial charge in [-0.2, -0.15) is 0 Å². The zero-order chi connectivity index (χ0) is 14.2. The summed E-state index contributed by atoms with van der Waals surface area (Å²) in [6.45, 7) is 2.32. The van der Waals surface area contributed by atoms with Crippen LogP contribution in [0.3, 0.4) is 0 Å². The van der Waals surface area contributed by atoms with E-state index in [0.29, 0.717) is 0 Å². The predicted octanol–water partition coefficient (Wildman–Crippen LogP) is 2.85. The summed E-state index contributed by atoms with van der Waals surface area (Å²) in [6, 6.07) is 8.76. The number of benzene rings is 1. The third kappa shape index (κ3) is 2.18. The first-order valence-electron chi connectivity index (χ1n) is 7.71. The summed E-state index contributed by atoms with van der Waals surface area (Å²) in [5.74, 6) is 0. The van der Waals surface area contributed by atoms with Gasteiger partial charge in [-0.05, 0) is 37.1 Å². The fourth-order valence-electron chi connectivity index (χ4n) is 3.50. The molecule has 0 aliphatic carbocycles. The molecule has 1 unspecified atom stereocenters. The largest absolute Gasteiger partial charge is 0.366 e. The van der Waals surface area contributed by atoms with Gasteiger partial charge in [0.2, 0.25) is 0 Å². The van der Waals surface area contributed by atoms with Crippen LogP contribution in [0, 0.1) is 0 Å². The molecular weight excluding hydrogens is 258 g/mol. The van der Waals surface area contributed by atoms with E-state index < -0.39 is 0 Å². The minimum absolute atomic E-state index is 0.253. The zero-order valence-electron chi connectivity index (χ0n) is 12.4. The first-order valence-corrected chi connectivity index (χ1v) is 7.71. The minimum Gasteiger partial charge on any atom is -0.366 e. The average Bonchev–Trinajstić information content (AvgIpc) is 2.91. The summed E-state index contributed by atoms with van der Waals surface area (Å²) in [5, 5.41) is 3.52. The second-order valence-electron chi connectivity index (χ2n) is 6.06. The Kier molecular flexibility index (Phi) is 3.08. The van der Waals surface area contributed by atoms with Gasteiger partial charge in [-0.3, -0.25) is 0 Å². The van der Waals surface area contributed by atoms with Crippen molar-refractivity contribution in [1.29, 1.82) is 0 Å². The molecule has 1 fully saturated rings. The number of nitrogens with zero attached hydrogens (tertiary/aromatic N) is 2. The van der Waals surface area contributed by atoms with E-state index in [1.165, 1.54) is 29.5 Å². The average molecular weight is 279 g/mol. The highest BCUT2D eigenvalue weighted by atomic mass is 15.3. The highest BCUT2D eigenvalue weighted by Gasteiger charge is 2.29. The van der Waals surface area contributed by atoms with Gasteiger partial charge in [-0.1, -0.05) is 29.8 Å². The summed E-state index contributed by atoms with van der Waals surface area (Å²) >= 11 is 0. The molecule has 1 atom stereocenters. The van der Waals surface area contributed by atoms with Crippen molar-refractivity contribution in [2.45, 2.75) is 19.0 Å². The van der Waals surface area contributed by atoms with Gasteiger partial charge in [0.05, 0.1) is 0 Å². The van der Waals surface area contributed by atoms with Gasteiger partial charge < -0.3 is 15.1 Å². The molecule has 21 heavy (non-hydrogen) atoms. The fourth-order valence-corrected chi connectivity index (χ4v) is 3.50. The first kappa shape index (κ1) is 12.7. The molecule has 1 aromatic carbocycles. The highest BCUT2D eigenvalue weighted by Crippen LogP contribution is 2.36. The molecule has 0 spiro atoms. The summed E-state index contributed by atoms with van der Waals surface area (Å²) in [6.07, 6.45) is 11.2. The maximum atomic E-state index is 3.52. The van der Waals surface area contributed by atoms with Gasteiger partial charge in [0.1, 0.15) is 6.17 Å². The third-order valence-electron chi connectivity index (χ3n) is 4.72. The Labute approximate surface area is 126 Å². The van der Waals surface area contributed by atoms with E-state index in [0.717, 1.165) is 13.1 Å². The van der Waals surface area contributed by atoms with Gasteiger partial charge in [-0.15, -0.1) is 0 Å². The number of likely N-dealkylation sites (tertiary alicyclic amines) is 1. The summed E-state index contributed by atoms with van der Waals surface area (Å²) in [4.78, 5) is 4.70. The van der Waals surface area contributed by atoms with E-state index in [4.69, 9.17) is 0 Å². The lowest BCUT2D eigenvalue weighted by molar-refractivity contribution is 0.311. The second kappa shape index (κ2) is 5.08. The highest BCUT2D eigenvalue weighted by molar-refractivity contribution is 5.81. The van der Waals surface area contributed by atoms with Crippen molar-refractivity contribution >= 4 is 11.6 Å². The molecule has 3 aliphatic heterocycles. The molecule has 0 radical (unpaired) electrons. The molecule has 3 heterocycles. The smallest absolute Gasteiger partial charge is 0.129 e. The lowest BCUT2D eigenvalue weighted by atomic mass is 9.89. The van der Waals surface area contributed by atoms with Crippen molar-refractivity contribution in [2.24, 2.45) is 0 Å². The van der Waals surface area contributed by atoms with E-state index in [1.807, 2.05) is 0 Å². The molecule has 3 nitrogen and oxygen atoms in total. The van der Waals surface area contributed by atoms with E-state index in [9.17, 15) is 0 Å². The van der Waals surface area contributed by atoms with Crippen molar-refractivity contribution in [3.8, 4) is 0 Å². The van der Waals surface area contributed by atoms with Gasteiger partial charge in [-0.25, -0.2) is 0 Å². The van der Waals surface area contributed by atoms with Crippen LogP contribution in [0.15, 0.2) is 48.4 Å². The first-order chi connectivity index (χ1) is 10.3. The van der Waals surface area contributed by atoms with E-state index in [2.05, 4.69) is 71.1 Å². The Morgan fingerprint density at radius 2 is 1.90 bits per heavy atom. The van der Waals surface area contributed by atoms with Crippen molar-refractivity contribution < 1.29 is 0 Å². The summed E-state index contributed by atoms with van der Waals surface area (Å²) < 4.78 is 0. The maximum Gasteiger partial charge on any atom is 0.129 e. The Bertz CT molecular complexity index is 632. The Morgan fingerprint density at radius 3 is 2.76 bits per heavy atom. The van der Waals surface area contributed by atoms with Crippen molar-refractivity contribution in [2.75, 3.05) is 20.1 Å². The molecule has 0 bridgehead atoms. The van der Waals surface area contributed by atoms with Crippen molar-refractivity contribution in [1.82, 2.24) is 15.1 Å². The molecular formula is C18H21N3. The Morgan fingerprint density at radius 1 is 1.10 bits per heavy atom. The SMILES string of the molecule is CN1CCC(=C2c3ccccc3C=CN3C=CNC23)CC1. The molecule has 4 rings (SSSR count). The van der Waals surface area contributed by atoms with Crippen LogP contribution in [-0.2, 0) is 0 Å². The lowest BCUT2D eigenvalue weighted by Crippen LogP contribution is -2.35. The zero-order valence-corrected chi connectivity index (χ0v) is 12.4. The fraction of sp³-hybridized carbons (Fsp3) is 0.333. The van der Waals surface area contributed by atoms with Crippen LogP contribution in [-0.4, -0.2) is 36.1 Å². The number of fused-ring (bicyclic) bond motifs is 2. The van der Waals surface area contributed by atoms with Crippen LogP contribution in [0.25, 0.3) is 11.6 Å². The third-order valence-corrected chi connectivity index (χ3v) is 4.72. The van der Waals surface area contributed by atoms with Crippen LogP contribution < -0.4 is 5.32 Å². The Balaban J connectivity index is 1.85. The molecule has 0 saturated carbocycles. The monoisotopic (exact) mass is 279 g/mol. The molecule has 1 saturated heterocycles. The van der Waals surface area contributed by atoms with Gasteiger partial charge in [0.15, 0.2) is 0 Å². The number of hydrogen-bond acceptors (Lipinski definition) is 3. The molecule has 3 heteroatoms. The molecule has 3 aliphatic rings. The number of rotatable bonds is 0. The second-order valence-corrected chi connectivity index (χ2v) is 6.06. The Hall–Kier alpha value is -2.00. The van der Waals surface area contributed by atoms with Crippen LogP contribution in [0.5, 0.6) is 0 Å². The summed E-state index contributed by atoms with van der Waals surface area (Å²) in [7, 11) is 2.21. The lowest BCUT2D eigenvalue weighted by Gasteiger charge is -2.31. The molecule has 0 amide bonds. The van der Waals surface area contributed by atoms with E-state index in [1.54, 1.807) is 5.57 Å². The van der Waals surface area contributed by atoms with Gasteiger partial charge >= 0.3 is 0 Å². The normalized spacial score (nSPS) is 24.6. The van der Waals surface area contributed by atoms with Crippen LogP contribution in [0.1, 0.15) is 24.0 Å². The molecule has 0 aromatic heterocycles. The van der Waals surface area contributed by atoms with Crippen LogP contribution in [0.4, 0.5) is 0 Å². The van der Waals surface area contributed by atoms with Gasteiger partial charge in [0.25, 0.3) is 0 Å². The topological polar surface area (TPSA) is 18.5 Å². The number of nitrogens with one attached hydrogen (secondary N) is 1. The number of hydrogen-bond donors (Lipinski definition) is 1. The quantitative estimate of drug-likeness (QED) is 0.788. The predicted molar refractivity (Wildman–Crippen MR) is 87.0 cm³/mol. The van der Waals surface area contributed by atoms with Crippen LogP contribution in [0.2, 0.25) is 0 Å². The minimum atomic E-state index is 0.253. The van der Waals surface area contributed by atoms with Crippen LogP contribution >= 0.6 is 0 Å². The summed E-state index contributed by atoms with van der Waals surface area (Å²) in [5.41, 5.74) is 5.80. The van der Waals surface area contributed by atoms with Crippen molar-refractivity contribution in [3.05, 3.63) is 59.6 Å².